The Labute approximate surface area is 123 Å². The van der Waals surface area contributed by atoms with Crippen molar-refractivity contribution in [3.63, 3.8) is 0 Å². The van der Waals surface area contributed by atoms with Gasteiger partial charge in [0.25, 0.3) is 0 Å². The molecule has 0 aliphatic carbocycles. The molecule has 0 saturated carbocycles. The van der Waals surface area contributed by atoms with E-state index in [0.717, 1.165) is 0 Å². The van der Waals surface area contributed by atoms with E-state index in [1.165, 1.54) is 4.90 Å². The normalized spacial score (nSPS) is 11.5. The Morgan fingerprint density at radius 1 is 1.33 bits per heavy atom. The molecular formula is C15H20N2O4. The van der Waals surface area contributed by atoms with Crippen LogP contribution in [0.3, 0.4) is 0 Å². The van der Waals surface area contributed by atoms with Gasteiger partial charge < -0.3 is 20.4 Å². The number of nitrogens with zero attached hydrogens (tertiary/aromatic N) is 1. The molecule has 6 heteroatoms. The molecule has 3 N–H and O–H groups in total. The highest BCUT2D eigenvalue weighted by Crippen LogP contribution is 2.14. The smallest absolute Gasteiger partial charge is 0.317 e. The third-order valence-electron chi connectivity index (χ3n) is 2.96. The van der Waals surface area contributed by atoms with Gasteiger partial charge in [-0.2, -0.15) is 0 Å². The maximum atomic E-state index is 11.9. The van der Waals surface area contributed by atoms with Gasteiger partial charge in [-0.3, -0.25) is 4.79 Å². The molecule has 0 aromatic heterocycles. The van der Waals surface area contributed by atoms with Crippen LogP contribution in [0.4, 0.5) is 4.79 Å². The maximum absolute atomic E-state index is 11.9. The molecule has 6 nitrogen and oxygen atoms in total. The maximum Gasteiger partial charge on any atom is 0.317 e. The van der Waals surface area contributed by atoms with Gasteiger partial charge in [-0.1, -0.05) is 36.4 Å². The quantitative estimate of drug-likeness (QED) is 0.625. The second kappa shape index (κ2) is 8.76. The molecule has 1 rings (SSSR count). The van der Waals surface area contributed by atoms with Crippen molar-refractivity contribution in [3.05, 3.63) is 48.6 Å². The zero-order valence-electron chi connectivity index (χ0n) is 11.7. The number of carbonyl (C=O) groups excluding carboxylic acids is 1. The molecule has 1 aromatic rings. The number of aliphatic hydroxyl groups excluding tert-OH is 1. The number of aliphatic carboxylic acids is 1. The van der Waals surface area contributed by atoms with E-state index in [-0.39, 0.29) is 26.2 Å². The molecule has 2 amide bonds. The third kappa shape index (κ3) is 5.27. The molecule has 1 unspecified atom stereocenters. The predicted octanol–water partition coefficient (Wildman–Crippen LogP) is 1.04. The van der Waals surface area contributed by atoms with E-state index in [2.05, 4.69) is 11.9 Å². The van der Waals surface area contributed by atoms with Crippen molar-refractivity contribution in [2.24, 2.45) is 0 Å². The molecule has 114 valence electrons. The van der Waals surface area contributed by atoms with Crippen LogP contribution in [0.2, 0.25) is 0 Å². The first-order chi connectivity index (χ1) is 10.1. The van der Waals surface area contributed by atoms with Crippen molar-refractivity contribution < 1.29 is 19.8 Å². The van der Waals surface area contributed by atoms with Crippen LogP contribution in [-0.4, -0.2) is 53.4 Å². The summed E-state index contributed by atoms with van der Waals surface area (Å²) in [6, 6.07) is 8.30. The van der Waals surface area contributed by atoms with Crippen LogP contribution in [0, 0.1) is 0 Å². The number of carboxylic acid groups (broad SMARTS) is 1. The lowest BCUT2D eigenvalue weighted by molar-refractivity contribution is -0.138. The van der Waals surface area contributed by atoms with E-state index in [0.29, 0.717) is 5.56 Å². The predicted molar refractivity (Wildman–Crippen MR) is 79.1 cm³/mol. The number of aliphatic hydroxyl groups is 1. The fraction of sp³-hybridized carbons (Fsp3) is 0.333. The number of carboxylic acids is 1. The largest absolute Gasteiger partial charge is 0.481 e. The monoisotopic (exact) mass is 292 g/mol. The fourth-order valence-electron chi connectivity index (χ4n) is 1.89. The first kappa shape index (κ1) is 16.7. The summed E-state index contributed by atoms with van der Waals surface area (Å²) < 4.78 is 0. The Hall–Kier alpha value is -2.34. The van der Waals surface area contributed by atoms with Crippen molar-refractivity contribution in [2.75, 3.05) is 26.2 Å². The summed E-state index contributed by atoms with van der Waals surface area (Å²) in [6.07, 6.45) is 1.54. The summed E-state index contributed by atoms with van der Waals surface area (Å²) in [6.45, 7) is 3.81. The second-order valence-electron chi connectivity index (χ2n) is 4.45. The highest BCUT2D eigenvalue weighted by Gasteiger charge is 2.21. The van der Waals surface area contributed by atoms with Crippen LogP contribution < -0.4 is 5.32 Å². The number of nitrogens with one attached hydrogen (secondary N) is 1. The molecular weight excluding hydrogens is 272 g/mol. The topological polar surface area (TPSA) is 89.9 Å². The van der Waals surface area contributed by atoms with E-state index in [4.69, 9.17) is 5.11 Å². The van der Waals surface area contributed by atoms with Gasteiger partial charge in [0.2, 0.25) is 0 Å². The van der Waals surface area contributed by atoms with Gasteiger partial charge in [-0.05, 0) is 5.56 Å². The van der Waals surface area contributed by atoms with Crippen molar-refractivity contribution in [3.8, 4) is 0 Å². The number of amides is 2. The molecule has 0 heterocycles. The molecule has 21 heavy (non-hydrogen) atoms. The number of hydrogen-bond donors (Lipinski definition) is 3. The molecule has 0 aliphatic rings. The Morgan fingerprint density at radius 3 is 2.52 bits per heavy atom. The SMILES string of the molecule is C=CCN(CCO)C(=O)NCC(C(=O)O)c1ccccc1. The first-order valence-electron chi connectivity index (χ1n) is 6.62. The average Bonchev–Trinajstić information content (AvgIpc) is 2.48. The minimum absolute atomic E-state index is 0.0166. The van der Waals surface area contributed by atoms with Crippen molar-refractivity contribution in [1.82, 2.24) is 10.2 Å². The van der Waals surface area contributed by atoms with Gasteiger partial charge >= 0.3 is 12.0 Å². The van der Waals surface area contributed by atoms with Gasteiger partial charge in [-0.15, -0.1) is 6.58 Å². The van der Waals surface area contributed by atoms with E-state index < -0.39 is 17.9 Å². The van der Waals surface area contributed by atoms with Gasteiger partial charge in [0, 0.05) is 19.6 Å². The van der Waals surface area contributed by atoms with Crippen LogP contribution >= 0.6 is 0 Å². The second-order valence-corrected chi connectivity index (χ2v) is 4.45. The lowest BCUT2D eigenvalue weighted by Crippen LogP contribution is -2.43. The minimum Gasteiger partial charge on any atom is -0.481 e. The summed E-state index contributed by atoms with van der Waals surface area (Å²) in [5.74, 6) is -1.81. The lowest BCUT2D eigenvalue weighted by Gasteiger charge is -2.22. The standard InChI is InChI=1S/C15H20N2O4/c1-2-8-17(9-10-18)15(21)16-11-13(14(19)20)12-6-4-3-5-7-12/h2-7,13,18H,1,8-11H2,(H,16,21)(H,19,20). The Bertz CT molecular complexity index is 476. The zero-order chi connectivity index (χ0) is 15.7. The van der Waals surface area contributed by atoms with Gasteiger partial charge in [-0.25, -0.2) is 4.79 Å². The Morgan fingerprint density at radius 2 is 2.00 bits per heavy atom. The Kier molecular flexibility index (Phi) is 6.97. The van der Waals surface area contributed by atoms with Crippen molar-refractivity contribution in [1.29, 1.82) is 0 Å². The van der Waals surface area contributed by atoms with Crippen LogP contribution in [0.5, 0.6) is 0 Å². The summed E-state index contributed by atoms with van der Waals surface area (Å²) in [5, 5.41) is 20.7. The average molecular weight is 292 g/mol. The number of urea groups is 1. The Balaban J connectivity index is 2.67. The lowest BCUT2D eigenvalue weighted by atomic mass is 9.99. The highest BCUT2D eigenvalue weighted by atomic mass is 16.4. The van der Waals surface area contributed by atoms with Gasteiger partial charge in [0.05, 0.1) is 12.5 Å². The van der Waals surface area contributed by atoms with Crippen LogP contribution in [0.15, 0.2) is 43.0 Å². The first-order valence-corrected chi connectivity index (χ1v) is 6.62. The zero-order valence-corrected chi connectivity index (χ0v) is 11.7. The highest BCUT2D eigenvalue weighted by molar-refractivity contribution is 5.79. The molecule has 0 aliphatic heterocycles. The van der Waals surface area contributed by atoms with E-state index in [9.17, 15) is 14.7 Å². The van der Waals surface area contributed by atoms with Crippen molar-refractivity contribution >= 4 is 12.0 Å². The molecule has 0 radical (unpaired) electrons. The van der Waals surface area contributed by atoms with Crippen LogP contribution in [-0.2, 0) is 4.79 Å². The molecule has 1 atom stereocenters. The van der Waals surface area contributed by atoms with Crippen molar-refractivity contribution in [2.45, 2.75) is 5.92 Å². The van der Waals surface area contributed by atoms with Crippen LogP contribution in [0.1, 0.15) is 11.5 Å². The molecule has 0 spiro atoms. The van der Waals surface area contributed by atoms with Crippen LogP contribution in [0.25, 0.3) is 0 Å². The molecule has 1 aromatic carbocycles. The summed E-state index contributed by atoms with van der Waals surface area (Å²) in [5.41, 5.74) is 0.628. The number of hydrogen-bond acceptors (Lipinski definition) is 3. The number of carbonyl (C=O) groups is 2. The fourth-order valence-corrected chi connectivity index (χ4v) is 1.89. The minimum atomic E-state index is -1.00. The number of benzene rings is 1. The summed E-state index contributed by atoms with van der Waals surface area (Å²) in [7, 11) is 0. The molecule has 0 saturated heterocycles. The molecule has 0 bridgehead atoms. The summed E-state index contributed by atoms with van der Waals surface area (Å²) >= 11 is 0. The molecule has 0 fully saturated rings. The van der Waals surface area contributed by atoms with Gasteiger partial charge in [0.1, 0.15) is 0 Å². The van der Waals surface area contributed by atoms with E-state index in [1.807, 2.05) is 0 Å². The van der Waals surface area contributed by atoms with Gasteiger partial charge in [0.15, 0.2) is 0 Å². The number of rotatable bonds is 8. The van der Waals surface area contributed by atoms with E-state index >= 15 is 0 Å². The third-order valence-corrected chi connectivity index (χ3v) is 2.96. The van der Waals surface area contributed by atoms with E-state index in [1.54, 1.807) is 36.4 Å². The summed E-state index contributed by atoms with van der Waals surface area (Å²) in [4.78, 5) is 24.6.